The molecule has 0 aliphatic heterocycles. The van der Waals surface area contributed by atoms with Gasteiger partial charge in [0.05, 0.1) is 12.2 Å². The van der Waals surface area contributed by atoms with Gasteiger partial charge in [-0.25, -0.2) is 0 Å². The molecule has 0 amide bonds. The molecule has 25 heavy (non-hydrogen) atoms. The predicted molar refractivity (Wildman–Crippen MR) is 101 cm³/mol. The summed E-state index contributed by atoms with van der Waals surface area (Å²) in [6.07, 6.45) is 12.8. The summed E-state index contributed by atoms with van der Waals surface area (Å²) in [5.41, 5.74) is 2.58. The average molecular weight is 353 g/mol. The number of aliphatic hydroxyl groups is 2. The normalized spacial score (nSPS) is 22.1. The van der Waals surface area contributed by atoms with E-state index in [9.17, 15) is 15.0 Å². The highest BCUT2D eigenvalue weighted by Gasteiger charge is 2.29. The first-order chi connectivity index (χ1) is 12.0. The quantitative estimate of drug-likeness (QED) is 0.334. The van der Waals surface area contributed by atoms with Crippen LogP contribution in [0.5, 0.6) is 0 Å². The van der Waals surface area contributed by atoms with Crippen LogP contribution >= 0.6 is 0 Å². The second-order valence-electron chi connectivity index (χ2n) is 7.36. The van der Waals surface area contributed by atoms with Crippen molar-refractivity contribution in [2.24, 2.45) is 5.92 Å². The summed E-state index contributed by atoms with van der Waals surface area (Å²) in [5, 5.41) is 29.0. The summed E-state index contributed by atoms with van der Waals surface area (Å²) in [7, 11) is 0. The first-order valence-electron chi connectivity index (χ1n) is 9.90. The molecule has 3 N–H and O–H groups in total. The number of unbranched alkanes of at least 4 members (excludes halogenated alkanes) is 5. The number of aliphatic hydroxyl groups excluding tert-OH is 2. The Hall–Kier alpha value is -1.13. The van der Waals surface area contributed by atoms with Crippen LogP contribution in [0, 0.1) is 5.92 Å². The zero-order valence-electron chi connectivity index (χ0n) is 15.9. The van der Waals surface area contributed by atoms with Gasteiger partial charge in [0, 0.05) is 12.3 Å². The average Bonchev–Trinajstić information content (AvgIpc) is 2.82. The third kappa shape index (κ3) is 8.68. The summed E-state index contributed by atoms with van der Waals surface area (Å²) in [6.45, 7) is 4.24. The minimum absolute atomic E-state index is 0.0276. The number of carboxylic acids is 1. The van der Waals surface area contributed by atoms with Crippen molar-refractivity contribution in [2.45, 2.75) is 96.7 Å². The molecule has 1 aliphatic rings. The van der Waals surface area contributed by atoms with Gasteiger partial charge in [0.2, 0.25) is 0 Å². The van der Waals surface area contributed by atoms with E-state index in [0.717, 1.165) is 64.2 Å². The summed E-state index contributed by atoms with van der Waals surface area (Å²) in [6, 6.07) is 0. The maximum Gasteiger partial charge on any atom is 0.303 e. The molecule has 144 valence electrons. The van der Waals surface area contributed by atoms with Crippen molar-refractivity contribution in [1.82, 2.24) is 0 Å². The van der Waals surface area contributed by atoms with Crippen molar-refractivity contribution in [3.63, 3.8) is 0 Å². The number of hydrogen-bond donors (Lipinski definition) is 3. The van der Waals surface area contributed by atoms with E-state index < -0.39 is 12.1 Å². The molecule has 1 aliphatic carbocycles. The van der Waals surface area contributed by atoms with E-state index in [4.69, 9.17) is 5.11 Å². The van der Waals surface area contributed by atoms with Crippen molar-refractivity contribution >= 4 is 5.97 Å². The monoisotopic (exact) mass is 352 g/mol. The predicted octanol–water partition coefficient (Wildman–Crippen LogP) is 4.61. The molecule has 0 fully saturated rings. The Morgan fingerprint density at radius 3 is 2.60 bits per heavy atom. The van der Waals surface area contributed by atoms with Crippen molar-refractivity contribution < 1.29 is 20.1 Å². The molecule has 0 spiro atoms. The van der Waals surface area contributed by atoms with Gasteiger partial charge in [-0.2, -0.15) is 0 Å². The largest absolute Gasteiger partial charge is 0.481 e. The molecule has 0 bridgehead atoms. The minimum Gasteiger partial charge on any atom is -0.481 e. The second-order valence-corrected chi connectivity index (χ2v) is 7.36. The van der Waals surface area contributed by atoms with Gasteiger partial charge < -0.3 is 15.3 Å². The molecule has 0 saturated carbocycles. The zero-order valence-corrected chi connectivity index (χ0v) is 15.9. The molecule has 0 heterocycles. The Morgan fingerprint density at radius 2 is 1.92 bits per heavy atom. The highest BCUT2D eigenvalue weighted by Crippen LogP contribution is 2.36. The Morgan fingerprint density at radius 1 is 1.20 bits per heavy atom. The van der Waals surface area contributed by atoms with Gasteiger partial charge in [-0.15, -0.1) is 0 Å². The highest BCUT2D eigenvalue weighted by atomic mass is 16.4. The van der Waals surface area contributed by atoms with E-state index in [1.165, 1.54) is 11.1 Å². The highest BCUT2D eigenvalue weighted by molar-refractivity contribution is 5.66. The van der Waals surface area contributed by atoms with Crippen LogP contribution in [0.2, 0.25) is 0 Å². The first-order valence-corrected chi connectivity index (χ1v) is 9.90. The summed E-state index contributed by atoms with van der Waals surface area (Å²) < 4.78 is 0. The molecular weight excluding hydrogens is 316 g/mol. The fraction of sp³-hybridized carbons (Fsp3) is 0.762. The molecule has 0 unspecified atom stereocenters. The van der Waals surface area contributed by atoms with Gasteiger partial charge in [0.25, 0.3) is 0 Å². The van der Waals surface area contributed by atoms with Crippen LogP contribution in [0.15, 0.2) is 23.3 Å². The van der Waals surface area contributed by atoms with Gasteiger partial charge >= 0.3 is 5.97 Å². The van der Waals surface area contributed by atoms with Crippen LogP contribution in [-0.2, 0) is 4.79 Å². The number of hydrogen-bond acceptors (Lipinski definition) is 3. The lowest BCUT2D eigenvalue weighted by Crippen LogP contribution is -2.15. The number of rotatable bonds is 13. The van der Waals surface area contributed by atoms with Crippen LogP contribution in [0.4, 0.5) is 0 Å². The third-order valence-corrected chi connectivity index (χ3v) is 5.11. The van der Waals surface area contributed by atoms with Crippen LogP contribution < -0.4 is 0 Å². The maximum atomic E-state index is 10.5. The molecule has 4 heteroatoms. The van der Waals surface area contributed by atoms with Crippen molar-refractivity contribution in [1.29, 1.82) is 0 Å². The lowest BCUT2D eigenvalue weighted by atomic mass is 9.92. The van der Waals surface area contributed by atoms with E-state index in [1.807, 2.05) is 12.2 Å². The Labute approximate surface area is 152 Å². The summed E-state index contributed by atoms with van der Waals surface area (Å²) >= 11 is 0. The van der Waals surface area contributed by atoms with Crippen LogP contribution in [-0.4, -0.2) is 33.5 Å². The van der Waals surface area contributed by atoms with Gasteiger partial charge in [0.1, 0.15) is 0 Å². The standard InChI is InChI=1S/C21H36O4/c1-3-4-7-10-17(22)13-14-19-18(16(2)15-20(19)23)11-8-5-6-9-12-21(24)25/h13-14,17,19-20,22-23H,3-12,15H2,1-2H3,(H,24,25)/t17-,19+,20+/m0/s1. The van der Waals surface area contributed by atoms with Crippen LogP contribution in [0.3, 0.4) is 0 Å². The van der Waals surface area contributed by atoms with Gasteiger partial charge in [0.15, 0.2) is 0 Å². The van der Waals surface area contributed by atoms with Crippen LogP contribution in [0.1, 0.15) is 84.5 Å². The number of carbonyl (C=O) groups is 1. The fourth-order valence-electron chi connectivity index (χ4n) is 3.61. The molecule has 3 atom stereocenters. The van der Waals surface area contributed by atoms with E-state index in [0.29, 0.717) is 0 Å². The number of aliphatic carboxylic acids is 1. The minimum atomic E-state index is -0.722. The lowest BCUT2D eigenvalue weighted by Gasteiger charge is -2.16. The molecule has 4 nitrogen and oxygen atoms in total. The van der Waals surface area contributed by atoms with Crippen molar-refractivity contribution in [2.75, 3.05) is 0 Å². The smallest absolute Gasteiger partial charge is 0.303 e. The molecule has 1 rings (SSSR count). The van der Waals surface area contributed by atoms with E-state index in [1.54, 1.807) is 0 Å². The molecule has 0 aromatic carbocycles. The Kier molecular flexibility index (Phi) is 10.7. The van der Waals surface area contributed by atoms with E-state index in [-0.39, 0.29) is 18.4 Å². The summed E-state index contributed by atoms with van der Waals surface area (Å²) in [4.78, 5) is 10.5. The molecular formula is C21H36O4. The SMILES string of the molecule is CCCCC[C@H](O)C=C[C@@H]1C(CCCCCCC(=O)O)=C(C)C[C@H]1O. The second kappa shape index (κ2) is 12.3. The number of carboxylic acid groups (broad SMARTS) is 1. The van der Waals surface area contributed by atoms with Crippen molar-refractivity contribution in [3.05, 3.63) is 23.3 Å². The van der Waals surface area contributed by atoms with Crippen molar-refractivity contribution in [3.8, 4) is 0 Å². The van der Waals surface area contributed by atoms with Gasteiger partial charge in [-0.1, -0.05) is 62.3 Å². The topological polar surface area (TPSA) is 77.8 Å². The van der Waals surface area contributed by atoms with E-state index in [2.05, 4.69) is 13.8 Å². The molecule has 0 saturated heterocycles. The van der Waals surface area contributed by atoms with E-state index >= 15 is 0 Å². The molecule has 0 aromatic rings. The summed E-state index contributed by atoms with van der Waals surface area (Å²) in [5.74, 6) is -0.694. The Balaban J connectivity index is 2.42. The van der Waals surface area contributed by atoms with Crippen LogP contribution in [0.25, 0.3) is 0 Å². The fourth-order valence-corrected chi connectivity index (χ4v) is 3.61. The molecule has 0 aromatic heterocycles. The van der Waals surface area contributed by atoms with Gasteiger partial charge in [-0.3, -0.25) is 4.79 Å². The molecule has 0 radical (unpaired) electrons. The lowest BCUT2D eigenvalue weighted by molar-refractivity contribution is -0.137. The zero-order chi connectivity index (χ0) is 18.7. The first kappa shape index (κ1) is 21.9. The Bertz CT molecular complexity index is 453. The maximum absolute atomic E-state index is 10.5. The van der Waals surface area contributed by atoms with Gasteiger partial charge in [-0.05, 0) is 39.0 Å². The third-order valence-electron chi connectivity index (χ3n) is 5.11.